The number of methoxy groups -OCH3 is 1. The van der Waals surface area contributed by atoms with E-state index in [1.807, 2.05) is 44.2 Å². The molecule has 0 radical (unpaired) electrons. The fourth-order valence-electron chi connectivity index (χ4n) is 4.48. The molecule has 0 amide bonds. The number of allylic oxidation sites excluding steroid dienone is 1. The van der Waals surface area contributed by atoms with E-state index < -0.39 is 38.7 Å². The number of sulfonamides is 1. The van der Waals surface area contributed by atoms with Crippen molar-refractivity contribution in [1.82, 2.24) is 0 Å². The third-order valence-electron chi connectivity index (χ3n) is 6.52. The number of ether oxygens (including phenoxy) is 2. The third-order valence-corrected chi connectivity index (χ3v) is 8.29. The molecule has 0 spiro atoms. The summed E-state index contributed by atoms with van der Waals surface area (Å²) in [5, 5.41) is 0. The summed E-state index contributed by atoms with van der Waals surface area (Å²) in [5.41, 5.74) is 2.89. The second kappa shape index (κ2) is 11.1. The molecule has 0 fully saturated rings. The van der Waals surface area contributed by atoms with Gasteiger partial charge in [0.05, 0.1) is 29.8 Å². The third kappa shape index (κ3) is 6.27. The number of rotatable bonds is 7. The van der Waals surface area contributed by atoms with Gasteiger partial charge in [-0.05, 0) is 72.9 Å². The van der Waals surface area contributed by atoms with Gasteiger partial charge in [-0.3, -0.25) is 9.10 Å². The van der Waals surface area contributed by atoms with Gasteiger partial charge in [0.15, 0.2) is 0 Å². The molecule has 1 aliphatic heterocycles. The van der Waals surface area contributed by atoms with Gasteiger partial charge in [-0.15, -0.1) is 0 Å². The lowest BCUT2D eigenvalue weighted by molar-refractivity contribution is -0.141. The zero-order valence-corrected chi connectivity index (χ0v) is 22.5. The summed E-state index contributed by atoms with van der Waals surface area (Å²) in [6.45, 7) is 3.75. The van der Waals surface area contributed by atoms with Crippen molar-refractivity contribution in [1.29, 1.82) is 0 Å². The van der Waals surface area contributed by atoms with Crippen LogP contribution in [-0.2, 0) is 25.7 Å². The Bertz CT molecular complexity index is 1520. The zero-order valence-electron chi connectivity index (χ0n) is 21.7. The van der Waals surface area contributed by atoms with Gasteiger partial charge >= 0.3 is 12.1 Å². The van der Waals surface area contributed by atoms with Gasteiger partial charge in [-0.2, -0.15) is 13.2 Å². The lowest BCUT2D eigenvalue weighted by Crippen LogP contribution is -2.43. The number of alkyl halides is 3. The van der Waals surface area contributed by atoms with Gasteiger partial charge < -0.3 is 9.47 Å². The maximum atomic E-state index is 13.8. The topological polar surface area (TPSA) is 72.9 Å². The number of aryl methyl sites for hydroxylation is 1. The van der Waals surface area contributed by atoms with Crippen molar-refractivity contribution in [2.75, 3.05) is 18.0 Å². The first-order valence-corrected chi connectivity index (χ1v) is 13.7. The maximum Gasteiger partial charge on any atom is 0.416 e. The van der Waals surface area contributed by atoms with Crippen molar-refractivity contribution < 1.29 is 35.9 Å². The average molecular weight is 560 g/mol. The van der Waals surface area contributed by atoms with Gasteiger partial charge in [0, 0.05) is 6.42 Å². The number of fused-ring (bicyclic) bond motifs is 1. The summed E-state index contributed by atoms with van der Waals surface area (Å²) in [6.07, 6.45) is -3.37. The summed E-state index contributed by atoms with van der Waals surface area (Å²) >= 11 is 0. The number of nitrogens with zero attached hydrogens (tertiary/aromatic N) is 1. The fourth-order valence-corrected chi connectivity index (χ4v) is 6.03. The van der Waals surface area contributed by atoms with Crippen molar-refractivity contribution in [3.63, 3.8) is 0 Å². The lowest BCUT2D eigenvalue weighted by Gasteiger charge is -2.35. The summed E-state index contributed by atoms with van der Waals surface area (Å²) in [4.78, 5) is 11.2. The number of benzene rings is 3. The molecular formula is C29H28F3NO5S. The van der Waals surface area contributed by atoms with E-state index in [-0.39, 0.29) is 30.8 Å². The predicted molar refractivity (Wildman–Crippen MR) is 143 cm³/mol. The van der Waals surface area contributed by atoms with Crippen molar-refractivity contribution >= 4 is 33.3 Å². The van der Waals surface area contributed by atoms with Gasteiger partial charge in [-0.1, -0.05) is 42.5 Å². The summed E-state index contributed by atoms with van der Waals surface area (Å²) in [7, 11) is -3.18. The number of esters is 1. The van der Waals surface area contributed by atoms with E-state index >= 15 is 0 Å². The number of carbonyl (C=O) groups excluding carboxylic acids is 1. The molecule has 0 bridgehead atoms. The molecule has 0 aromatic heterocycles. The molecule has 0 saturated heterocycles. The molecule has 10 heteroatoms. The van der Waals surface area contributed by atoms with Gasteiger partial charge in [-0.25, -0.2) is 8.42 Å². The van der Waals surface area contributed by atoms with Crippen molar-refractivity contribution in [2.45, 2.75) is 43.9 Å². The van der Waals surface area contributed by atoms with E-state index in [9.17, 15) is 26.4 Å². The van der Waals surface area contributed by atoms with E-state index in [0.29, 0.717) is 11.6 Å². The Morgan fingerprint density at radius 2 is 1.85 bits per heavy atom. The van der Waals surface area contributed by atoms with E-state index in [1.54, 1.807) is 18.2 Å². The number of anilines is 1. The molecule has 39 heavy (non-hydrogen) atoms. The predicted octanol–water partition coefficient (Wildman–Crippen LogP) is 6.48. The molecule has 1 aliphatic rings. The first-order valence-electron chi connectivity index (χ1n) is 12.2. The average Bonchev–Trinajstić information content (AvgIpc) is 2.91. The number of hydrogen-bond donors (Lipinski definition) is 0. The Morgan fingerprint density at radius 1 is 1.10 bits per heavy atom. The Kier molecular flexibility index (Phi) is 8.06. The minimum absolute atomic E-state index is 0.00953. The molecule has 6 nitrogen and oxygen atoms in total. The van der Waals surface area contributed by atoms with Crippen LogP contribution in [0.3, 0.4) is 0 Å². The van der Waals surface area contributed by atoms with Gasteiger partial charge in [0.25, 0.3) is 10.0 Å². The number of carbonyl (C=O) groups is 1. The molecule has 3 aromatic carbocycles. The minimum Gasteiger partial charge on any atom is -0.486 e. The van der Waals surface area contributed by atoms with Crippen LogP contribution < -0.4 is 9.04 Å². The molecule has 1 unspecified atom stereocenters. The molecule has 1 atom stereocenters. The summed E-state index contributed by atoms with van der Waals surface area (Å²) in [5.74, 6) is -0.235. The van der Waals surface area contributed by atoms with Crippen LogP contribution >= 0.6 is 0 Å². The van der Waals surface area contributed by atoms with E-state index in [4.69, 9.17) is 4.74 Å². The zero-order chi connectivity index (χ0) is 28.4. The van der Waals surface area contributed by atoms with Crippen LogP contribution in [0.2, 0.25) is 0 Å². The molecule has 0 saturated carbocycles. The van der Waals surface area contributed by atoms with Crippen LogP contribution in [0.15, 0.2) is 71.6 Å². The van der Waals surface area contributed by atoms with Crippen LogP contribution in [0.25, 0.3) is 11.6 Å². The normalized spacial score (nSPS) is 15.9. The molecular weight excluding hydrogens is 531 g/mol. The van der Waals surface area contributed by atoms with Crippen LogP contribution in [-0.4, -0.2) is 34.1 Å². The fraction of sp³-hybridized carbons (Fsp3) is 0.276. The molecule has 206 valence electrons. The molecule has 1 heterocycles. The second-order valence-electron chi connectivity index (χ2n) is 9.29. The summed E-state index contributed by atoms with van der Waals surface area (Å²) in [6, 6.07) is 16.5. The first kappa shape index (κ1) is 28.2. The highest BCUT2D eigenvalue weighted by atomic mass is 32.2. The lowest BCUT2D eigenvalue weighted by atomic mass is 9.99. The Morgan fingerprint density at radius 3 is 2.54 bits per heavy atom. The maximum absolute atomic E-state index is 13.8. The van der Waals surface area contributed by atoms with Crippen molar-refractivity contribution in [3.8, 4) is 5.75 Å². The van der Waals surface area contributed by atoms with Gasteiger partial charge in [0.2, 0.25) is 0 Å². The SMILES string of the molecule is COC(=O)CCC1CN(S(=O)(=O)c2cccc(C(F)(F)F)c2)c2cc(/C=C(\C)c3ccccc3C)ccc2O1. The highest BCUT2D eigenvalue weighted by Crippen LogP contribution is 2.40. The molecule has 3 aromatic rings. The molecule has 0 N–H and O–H groups in total. The van der Waals surface area contributed by atoms with Crippen molar-refractivity contribution in [3.05, 3.63) is 89.0 Å². The van der Waals surface area contributed by atoms with Crippen LogP contribution in [0, 0.1) is 6.92 Å². The summed E-state index contributed by atoms with van der Waals surface area (Å²) < 4.78 is 79.4. The second-order valence-corrected chi connectivity index (χ2v) is 11.1. The smallest absolute Gasteiger partial charge is 0.416 e. The van der Waals surface area contributed by atoms with E-state index in [2.05, 4.69) is 4.74 Å². The Labute approximate surface area is 225 Å². The monoisotopic (exact) mass is 559 g/mol. The van der Waals surface area contributed by atoms with Gasteiger partial charge in [0.1, 0.15) is 11.9 Å². The first-order chi connectivity index (χ1) is 18.4. The minimum atomic E-state index is -4.71. The highest BCUT2D eigenvalue weighted by Gasteiger charge is 2.37. The largest absolute Gasteiger partial charge is 0.486 e. The highest BCUT2D eigenvalue weighted by molar-refractivity contribution is 7.92. The standard InChI is InChI=1S/C29H28F3NO5S/c1-19-7-4-5-10-25(19)20(2)15-21-11-13-27-26(16-21)33(18-23(38-27)12-14-28(34)37-3)39(35,36)24-9-6-8-22(17-24)29(30,31)32/h4-11,13,15-17,23H,12,14,18H2,1-3H3/b20-15+. The van der Waals surface area contributed by atoms with Crippen LogP contribution in [0.5, 0.6) is 5.75 Å². The Hall–Kier alpha value is -3.79. The quantitative estimate of drug-likeness (QED) is 0.245. The number of hydrogen-bond acceptors (Lipinski definition) is 5. The number of halogens is 3. The van der Waals surface area contributed by atoms with E-state index in [1.165, 1.54) is 7.11 Å². The van der Waals surface area contributed by atoms with E-state index in [0.717, 1.165) is 39.2 Å². The molecule has 4 rings (SSSR count). The van der Waals surface area contributed by atoms with Crippen LogP contribution in [0.1, 0.15) is 42.0 Å². The van der Waals surface area contributed by atoms with Crippen LogP contribution in [0.4, 0.5) is 18.9 Å². The molecule has 0 aliphatic carbocycles. The Balaban J connectivity index is 1.77. The van der Waals surface area contributed by atoms with Crippen molar-refractivity contribution in [2.24, 2.45) is 0 Å².